The van der Waals surface area contributed by atoms with Gasteiger partial charge in [-0.05, 0) is 82.9 Å². The maximum absolute atomic E-state index is 13.7. The first kappa shape index (κ1) is 35.2. The SMILES string of the molecule is O=C(Nc1ccc(SC(C(=O)Nc2cc(Cl)ccc2Cl)c2ccccc2)cc1)/C(=C/c1ccc(-c2ccccc2)cc1)NC(=O)c1ccccc1. The molecule has 9 heteroatoms. The highest BCUT2D eigenvalue weighted by atomic mass is 35.5. The van der Waals surface area contributed by atoms with Crippen molar-refractivity contribution in [1.29, 1.82) is 0 Å². The van der Waals surface area contributed by atoms with Crippen LogP contribution in [0.2, 0.25) is 10.0 Å². The summed E-state index contributed by atoms with van der Waals surface area (Å²) in [6, 6.07) is 47.9. The molecule has 51 heavy (non-hydrogen) atoms. The number of carbonyl (C=O) groups is 3. The van der Waals surface area contributed by atoms with Crippen LogP contribution in [0.5, 0.6) is 0 Å². The molecule has 1 atom stereocenters. The fraction of sp³-hybridized carbons (Fsp3) is 0.0238. The smallest absolute Gasteiger partial charge is 0.272 e. The Kier molecular flexibility index (Phi) is 11.7. The van der Waals surface area contributed by atoms with E-state index in [4.69, 9.17) is 23.2 Å². The third-order valence-electron chi connectivity index (χ3n) is 7.75. The maximum Gasteiger partial charge on any atom is 0.272 e. The zero-order valence-electron chi connectivity index (χ0n) is 27.1. The Bertz CT molecular complexity index is 2160. The molecule has 0 radical (unpaired) electrons. The highest BCUT2D eigenvalue weighted by molar-refractivity contribution is 8.00. The largest absolute Gasteiger partial charge is 0.323 e. The topological polar surface area (TPSA) is 87.3 Å². The van der Waals surface area contributed by atoms with Crippen LogP contribution >= 0.6 is 35.0 Å². The number of benzene rings is 6. The van der Waals surface area contributed by atoms with Crippen LogP contribution in [0.25, 0.3) is 17.2 Å². The van der Waals surface area contributed by atoms with Gasteiger partial charge in [0.05, 0.1) is 10.7 Å². The summed E-state index contributed by atoms with van der Waals surface area (Å²) in [5.74, 6) is -1.17. The fourth-order valence-electron chi connectivity index (χ4n) is 5.16. The quantitative estimate of drug-likeness (QED) is 0.0916. The van der Waals surface area contributed by atoms with Gasteiger partial charge in [0.25, 0.3) is 11.8 Å². The molecule has 0 aliphatic carbocycles. The van der Waals surface area contributed by atoms with Gasteiger partial charge in [0.1, 0.15) is 10.9 Å². The molecule has 0 fully saturated rings. The predicted octanol–water partition coefficient (Wildman–Crippen LogP) is 10.5. The minimum absolute atomic E-state index is 0.0789. The monoisotopic (exact) mass is 727 g/mol. The lowest BCUT2D eigenvalue weighted by Gasteiger charge is -2.18. The van der Waals surface area contributed by atoms with E-state index in [1.807, 2.05) is 103 Å². The number of anilines is 2. The molecular formula is C42H31Cl2N3O3S. The van der Waals surface area contributed by atoms with E-state index in [0.717, 1.165) is 27.1 Å². The van der Waals surface area contributed by atoms with E-state index in [1.165, 1.54) is 11.8 Å². The van der Waals surface area contributed by atoms with Gasteiger partial charge in [-0.15, -0.1) is 11.8 Å². The molecule has 0 spiro atoms. The van der Waals surface area contributed by atoms with Crippen molar-refractivity contribution in [3.8, 4) is 11.1 Å². The summed E-state index contributed by atoms with van der Waals surface area (Å²) in [6.45, 7) is 0. The number of thioether (sulfide) groups is 1. The molecule has 252 valence electrons. The molecular weight excluding hydrogens is 697 g/mol. The molecule has 0 aromatic heterocycles. The van der Waals surface area contributed by atoms with Crippen LogP contribution in [0.4, 0.5) is 11.4 Å². The third kappa shape index (κ3) is 9.55. The van der Waals surface area contributed by atoms with Crippen molar-refractivity contribution in [2.75, 3.05) is 10.6 Å². The second kappa shape index (κ2) is 16.9. The minimum atomic E-state index is -0.613. The summed E-state index contributed by atoms with van der Waals surface area (Å²) in [5, 5.41) is 8.81. The first-order chi connectivity index (χ1) is 24.8. The van der Waals surface area contributed by atoms with Gasteiger partial charge in [0.15, 0.2) is 0 Å². The van der Waals surface area contributed by atoms with Gasteiger partial charge in [-0.3, -0.25) is 14.4 Å². The third-order valence-corrected chi connectivity index (χ3v) is 9.58. The van der Waals surface area contributed by atoms with Gasteiger partial charge in [-0.25, -0.2) is 0 Å². The van der Waals surface area contributed by atoms with Crippen LogP contribution in [0.3, 0.4) is 0 Å². The zero-order valence-corrected chi connectivity index (χ0v) is 29.4. The van der Waals surface area contributed by atoms with E-state index >= 15 is 0 Å². The maximum atomic E-state index is 13.7. The normalized spacial score (nSPS) is 11.7. The average molecular weight is 729 g/mol. The van der Waals surface area contributed by atoms with E-state index in [0.29, 0.717) is 27.0 Å². The number of rotatable bonds is 11. The van der Waals surface area contributed by atoms with Crippen LogP contribution in [0.15, 0.2) is 168 Å². The minimum Gasteiger partial charge on any atom is -0.323 e. The van der Waals surface area contributed by atoms with Crippen LogP contribution in [0.1, 0.15) is 26.7 Å². The molecule has 1 unspecified atom stereocenters. The molecule has 6 nitrogen and oxygen atoms in total. The number of amides is 3. The Labute approximate surface area is 310 Å². The molecule has 6 aromatic carbocycles. The summed E-state index contributed by atoms with van der Waals surface area (Å²) < 4.78 is 0. The average Bonchev–Trinajstić information content (AvgIpc) is 3.17. The standard InChI is InChI=1S/C42H31Cl2N3O3S/c43-33-20-25-36(44)37(27-33)46-42(50)39(31-12-6-2-7-13-31)51-35-23-21-34(22-24-35)45-41(49)38(47-40(48)32-14-8-3-9-15-32)26-28-16-18-30(19-17-28)29-10-4-1-5-11-29/h1-27,39H,(H,45,49)(H,46,50)(H,47,48)/b38-26-. The van der Waals surface area contributed by atoms with Crippen molar-refractivity contribution >= 4 is 70.1 Å². The van der Waals surface area contributed by atoms with Crippen LogP contribution in [-0.4, -0.2) is 17.7 Å². The molecule has 6 rings (SSSR count). The number of carbonyl (C=O) groups excluding carboxylic acids is 3. The Morgan fingerprint density at radius 2 is 1.24 bits per heavy atom. The molecule has 0 aliphatic rings. The lowest BCUT2D eigenvalue weighted by Crippen LogP contribution is -2.30. The first-order valence-electron chi connectivity index (χ1n) is 15.9. The number of halogens is 2. The van der Waals surface area contributed by atoms with Gasteiger partial charge in [-0.2, -0.15) is 0 Å². The summed E-state index contributed by atoms with van der Waals surface area (Å²) in [6.07, 6.45) is 1.64. The predicted molar refractivity (Wildman–Crippen MR) is 209 cm³/mol. The van der Waals surface area contributed by atoms with E-state index in [9.17, 15) is 14.4 Å². The second-order valence-electron chi connectivity index (χ2n) is 11.4. The summed E-state index contributed by atoms with van der Waals surface area (Å²) in [4.78, 5) is 41.2. The lowest BCUT2D eigenvalue weighted by molar-refractivity contribution is -0.116. The molecule has 0 saturated carbocycles. The molecule has 0 bridgehead atoms. The molecule has 6 aromatic rings. The van der Waals surface area contributed by atoms with Gasteiger partial charge in [-0.1, -0.05) is 126 Å². The second-order valence-corrected chi connectivity index (χ2v) is 13.4. The molecule has 0 heterocycles. The fourth-order valence-corrected chi connectivity index (χ4v) is 6.52. The van der Waals surface area contributed by atoms with Crippen molar-refractivity contribution in [3.63, 3.8) is 0 Å². The van der Waals surface area contributed by atoms with Gasteiger partial charge < -0.3 is 16.0 Å². The number of hydrogen-bond donors (Lipinski definition) is 3. The Balaban J connectivity index is 1.20. The van der Waals surface area contributed by atoms with Crippen LogP contribution in [0, 0.1) is 0 Å². The molecule has 0 saturated heterocycles. The highest BCUT2D eigenvalue weighted by Crippen LogP contribution is 2.37. The van der Waals surface area contributed by atoms with Crippen LogP contribution < -0.4 is 16.0 Å². The van der Waals surface area contributed by atoms with E-state index < -0.39 is 17.1 Å². The van der Waals surface area contributed by atoms with Gasteiger partial charge in [0.2, 0.25) is 5.91 Å². The van der Waals surface area contributed by atoms with Gasteiger partial charge >= 0.3 is 0 Å². The van der Waals surface area contributed by atoms with E-state index in [-0.39, 0.29) is 11.6 Å². The van der Waals surface area contributed by atoms with Crippen molar-refractivity contribution < 1.29 is 14.4 Å². The zero-order chi connectivity index (χ0) is 35.6. The molecule has 3 amide bonds. The summed E-state index contributed by atoms with van der Waals surface area (Å²) >= 11 is 13.8. The Morgan fingerprint density at radius 3 is 1.90 bits per heavy atom. The van der Waals surface area contributed by atoms with Crippen molar-refractivity contribution in [2.24, 2.45) is 0 Å². The lowest BCUT2D eigenvalue weighted by atomic mass is 10.0. The Morgan fingerprint density at radius 1 is 0.627 bits per heavy atom. The molecule has 0 aliphatic heterocycles. The van der Waals surface area contributed by atoms with Crippen molar-refractivity contribution in [2.45, 2.75) is 10.1 Å². The van der Waals surface area contributed by atoms with E-state index in [1.54, 1.807) is 60.7 Å². The van der Waals surface area contributed by atoms with Crippen molar-refractivity contribution in [3.05, 3.63) is 190 Å². The van der Waals surface area contributed by atoms with E-state index in [2.05, 4.69) is 16.0 Å². The first-order valence-corrected chi connectivity index (χ1v) is 17.6. The Hall–Kier alpha value is -5.60. The summed E-state index contributed by atoms with van der Waals surface area (Å²) in [7, 11) is 0. The number of hydrogen-bond acceptors (Lipinski definition) is 4. The van der Waals surface area contributed by atoms with Gasteiger partial charge in [0, 0.05) is 21.2 Å². The number of nitrogens with one attached hydrogen (secondary N) is 3. The highest BCUT2D eigenvalue weighted by Gasteiger charge is 2.23. The van der Waals surface area contributed by atoms with Crippen LogP contribution in [-0.2, 0) is 9.59 Å². The molecule has 3 N–H and O–H groups in total. The van der Waals surface area contributed by atoms with Crippen molar-refractivity contribution in [1.82, 2.24) is 5.32 Å². The summed E-state index contributed by atoms with van der Waals surface area (Å²) in [5.41, 5.74) is 5.08.